The summed E-state index contributed by atoms with van der Waals surface area (Å²) < 4.78 is 5.36. The molecule has 1 fully saturated rings. The van der Waals surface area contributed by atoms with Gasteiger partial charge in [0.05, 0.1) is 0 Å². The van der Waals surface area contributed by atoms with Crippen LogP contribution < -0.4 is 10.6 Å². The van der Waals surface area contributed by atoms with Crippen LogP contribution in [0.1, 0.15) is 45.6 Å². The highest BCUT2D eigenvalue weighted by atomic mass is 16.6. The van der Waals surface area contributed by atoms with Gasteiger partial charge in [0, 0.05) is 26.1 Å². The second kappa shape index (κ2) is 9.39. The van der Waals surface area contributed by atoms with Gasteiger partial charge < -0.3 is 15.4 Å². The molecule has 1 saturated heterocycles. The maximum Gasteiger partial charge on any atom is 0.410 e. The lowest BCUT2D eigenvalue weighted by Crippen LogP contribution is -2.48. The van der Waals surface area contributed by atoms with Crippen LogP contribution in [-0.4, -0.2) is 47.5 Å². The Morgan fingerprint density at radius 3 is 2.52 bits per heavy atom. The molecule has 0 spiro atoms. The van der Waals surface area contributed by atoms with Gasteiger partial charge in [-0.2, -0.15) is 0 Å². The second-order valence-electron chi connectivity index (χ2n) is 7.64. The van der Waals surface area contributed by atoms with Crippen LogP contribution in [0.25, 0.3) is 0 Å². The van der Waals surface area contributed by atoms with Crippen LogP contribution in [0, 0.1) is 0 Å². The minimum atomic E-state index is -0.600. The third kappa shape index (κ3) is 6.92. The molecule has 0 saturated carbocycles. The first-order chi connectivity index (χ1) is 12.8. The fraction of sp³-hybridized carbons (Fsp3) is 0.550. The van der Waals surface area contributed by atoms with Crippen LogP contribution in [0.3, 0.4) is 0 Å². The first-order valence-electron chi connectivity index (χ1n) is 9.34. The maximum absolute atomic E-state index is 12.4. The van der Waals surface area contributed by atoms with Crippen molar-refractivity contribution in [2.75, 3.05) is 13.1 Å². The molecule has 3 amide bonds. The monoisotopic (exact) mass is 375 g/mol. The van der Waals surface area contributed by atoms with Gasteiger partial charge in [-0.05, 0) is 39.2 Å². The van der Waals surface area contributed by atoms with E-state index in [2.05, 4.69) is 10.6 Å². The molecule has 1 aromatic carbocycles. The molecule has 0 bridgehead atoms. The van der Waals surface area contributed by atoms with Crippen molar-refractivity contribution in [3.8, 4) is 0 Å². The van der Waals surface area contributed by atoms with Crippen molar-refractivity contribution >= 4 is 17.9 Å². The lowest BCUT2D eigenvalue weighted by Gasteiger charge is -2.28. The molecule has 1 aromatic rings. The molecule has 7 heteroatoms. The minimum absolute atomic E-state index is 0.130. The Hall–Kier alpha value is -2.57. The Bertz CT molecular complexity index is 655. The van der Waals surface area contributed by atoms with Crippen molar-refractivity contribution in [3.63, 3.8) is 0 Å². The summed E-state index contributed by atoms with van der Waals surface area (Å²) in [6, 6.07) is 9.09. The van der Waals surface area contributed by atoms with Gasteiger partial charge >= 0.3 is 6.09 Å². The van der Waals surface area contributed by atoms with Gasteiger partial charge in [-0.15, -0.1) is 0 Å². The Morgan fingerprint density at radius 1 is 1.15 bits per heavy atom. The Morgan fingerprint density at radius 2 is 1.85 bits per heavy atom. The average molecular weight is 375 g/mol. The van der Waals surface area contributed by atoms with Crippen LogP contribution in [0.5, 0.6) is 0 Å². The fourth-order valence-corrected chi connectivity index (χ4v) is 2.88. The van der Waals surface area contributed by atoms with Crippen molar-refractivity contribution < 1.29 is 19.1 Å². The van der Waals surface area contributed by atoms with Crippen LogP contribution in [0.4, 0.5) is 4.79 Å². The number of benzene rings is 1. The predicted octanol–water partition coefficient (Wildman–Crippen LogP) is 2.21. The topological polar surface area (TPSA) is 87.7 Å². The van der Waals surface area contributed by atoms with E-state index in [1.54, 1.807) is 20.8 Å². The molecule has 0 unspecified atom stereocenters. The van der Waals surface area contributed by atoms with E-state index in [0.29, 0.717) is 19.5 Å². The Balaban J connectivity index is 1.72. The minimum Gasteiger partial charge on any atom is -0.444 e. The summed E-state index contributed by atoms with van der Waals surface area (Å²) in [6.45, 7) is 6.59. The lowest BCUT2D eigenvalue weighted by molar-refractivity contribution is -0.125. The molecular formula is C20H29N3O4. The number of rotatable bonds is 6. The van der Waals surface area contributed by atoms with Gasteiger partial charge in [0.15, 0.2) is 0 Å². The van der Waals surface area contributed by atoms with Crippen molar-refractivity contribution in [1.82, 2.24) is 15.5 Å². The third-order valence-corrected chi connectivity index (χ3v) is 4.17. The second-order valence-corrected chi connectivity index (χ2v) is 7.64. The zero-order valence-corrected chi connectivity index (χ0v) is 16.3. The molecule has 0 radical (unpaired) electrons. The van der Waals surface area contributed by atoms with Gasteiger partial charge in [-0.1, -0.05) is 30.3 Å². The van der Waals surface area contributed by atoms with E-state index in [-0.39, 0.29) is 24.8 Å². The molecule has 148 valence electrons. The zero-order valence-electron chi connectivity index (χ0n) is 16.3. The molecule has 1 aliphatic heterocycles. The predicted molar refractivity (Wildman–Crippen MR) is 102 cm³/mol. The van der Waals surface area contributed by atoms with Crippen molar-refractivity contribution in [2.24, 2.45) is 0 Å². The average Bonchev–Trinajstić information content (AvgIpc) is 3.09. The number of nitrogens with zero attached hydrogens (tertiary/aromatic N) is 1. The summed E-state index contributed by atoms with van der Waals surface area (Å²) in [5.74, 6) is -0.371. The summed E-state index contributed by atoms with van der Waals surface area (Å²) in [5.41, 5.74) is 0.422. The number of carbonyl (C=O) groups is 3. The van der Waals surface area contributed by atoms with Crippen LogP contribution in [-0.2, 0) is 20.9 Å². The summed E-state index contributed by atoms with van der Waals surface area (Å²) in [4.78, 5) is 38.0. The summed E-state index contributed by atoms with van der Waals surface area (Å²) in [5, 5.41) is 5.57. The number of ether oxygens (including phenoxy) is 1. The summed E-state index contributed by atoms with van der Waals surface area (Å²) in [6.07, 6.45) is 1.08. The molecule has 0 aliphatic carbocycles. The molecule has 1 atom stereocenters. The van der Waals surface area contributed by atoms with E-state index in [1.807, 2.05) is 30.3 Å². The van der Waals surface area contributed by atoms with Gasteiger partial charge in [0.25, 0.3) is 0 Å². The molecule has 2 N–H and O–H groups in total. The van der Waals surface area contributed by atoms with Crippen LogP contribution >= 0.6 is 0 Å². The van der Waals surface area contributed by atoms with Gasteiger partial charge in [-0.25, -0.2) is 4.79 Å². The standard InChI is InChI=1S/C20H29N3O4/c1-20(2,3)27-19(26)23-13-7-10-16(23)18(25)21-12-11-17(24)22-14-15-8-5-4-6-9-15/h4-6,8-9,16H,7,10-14H2,1-3H3,(H,21,25)(H,22,24)/t16-/m0/s1. The number of hydrogen-bond acceptors (Lipinski definition) is 4. The van der Waals surface area contributed by atoms with Crippen molar-refractivity contribution in [3.05, 3.63) is 35.9 Å². The van der Waals surface area contributed by atoms with E-state index in [4.69, 9.17) is 4.74 Å². The molecular weight excluding hydrogens is 346 g/mol. The normalized spacial score (nSPS) is 16.7. The highest BCUT2D eigenvalue weighted by Crippen LogP contribution is 2.20. The van der Waals surface area contributed by atoms with E-state index in [0.717, 1.165) is 12.0 Å². The molecule has 27 heavy (non-hydrogen) atoms. The Labute approximate surface area is 160 Å². The molecule has 2 rings (SSSR count). The quantitative estimate of drug-likeness (QED) is 0.798. The Kier molecular flexibility index (Phi) is 7.21. The molecule has 7 nitrogen and oxygen atoms in total. The van der Waals surface area contributed by atoms with E-state index in [1.165, 1.54) is 4.90 Å². The van der Waals surface area contributed by atoms with Gasteiger partial charge in [0.2, 0.25) is 11.8 Å². The first kappa shape index (κ1) is 20.7. The van der Waals surface area contributed by atoms with E-state index in [9.17, 15) is 14.4 Å². The van der Waals surface area contributed by atoms with Crippen molar-refractivity contribution in [1.29, 1.82) is 0 Å². The van der Waals surface area contributed by atoms with Crippen LogP contribution in [0.2, 0.25) is 0 Å². The number of hydrogen-bond donors (Lipinski definition) is 2. The highest BCUT2D eigenvalue weighted by molar-refractivity contribution is 5.86. The third-order valence-electron chi connectivity index (χ3n) is 4.17. The van der Waals surface area contributed by atoms with Crippen LogP contribution in [0.15, 0.2) is 30.3 Å². The highest BCUT2D eigenvalue weighted by Gasteiger charge is 2.36. The number of amides is 3. The van der Waals surface area contributed by atoms with Gasteiger partial charge in [-0.3, -0.25) is 14.5 Å². The fourth-order valence-electron chi connectivity index (χ4n) is 2.88. The number of likely N-dealkylation sites (tertiary alicyclic amines) is 1. The molecule has 1 heterocycles. The number of nitrogens with one attached hydrogen (secondary N) is 2. The SMILES string of the molecule is CC(C)(C)OC(=O)N1CCC[C@H]1C(=O)NCCC(=O)NCc1ccccc1. The largest absolute Gasteiger partial charge is 0.444 e. The molecule has 1 aliphatic rings. The van der Waals surface area contributed by atoms with Crippen molar-refractivity contribution in [2.45, 2.75) is 58.2 Å². The summed E-state index contributed by atoms with van der Waals surface area (Å²) >= 11 is 0. The summed E-state index contributed by atoms with van der Waals surface area (Å²) in [7, 11) is 0. The zero-order chi connectivity index (χ0) is 19.9. The smallest absolute Gasteiger partial charge is 0.410 e. The van der Waals surface area contributed by atoms with E-state index < -0.39 is 17.7 Å². The lowest BCUT2D eigenvalue weighted by atomic mass is 10.2. The van der Waals surface area contributed by atoms with Gasteiger partial charge in [0.1, 0.15) is 11.6 Å². The maximum atomic E-state index is 12.4. The first-order valence-corrected chi connectivity index (χ1v) is 9.34. The number of carbonyl (C=O) groups excluding carboxylic acids is 3. The molecule has 0 aromatic heterocycles. The van der Waals surface area contributed by atoms with E-state index >= 15 is 0 Å².